The summed E-state index contributed by atoms with van der Waals surface area (Å²) in [5.74, 6) is -0.570. The van der Waals surface area contributed by atoms with Crippen LogP contribution in [0.15, 0.2) is 24.3 Å². The van der Waals surface area contributed by atoms with Gasteiger partial charge in [-0.15, -0.1) is 0 Å². The molecular weight excluding hydrogens is 288 g/mol. The van der Waals surface area contributed by atoms with E-state index in [9.17, 15) is 9.59 Å². The van der Waals surface area contributed by atoms with Gasteiger partial charge in [-0.25, -0.2) is 0 Å². The van der Waals surface area contributed by atoms with E-state index in [0.717, 1.165) is 0 Å². The topological polar surface area (TPSA) is 72.6 Å². The van der Waals surface area contributed by atoms with Gasteiger partial charge in [-0.1, -0.05) is 31.3 Å². The van der Waals surface area contributed by atoms with Gasteiger partial charge in [0.25, 0.3) is 5.91 Å². The zero-order chi connectivity index (χ0) is 15.6. The van der Waals surface area contributed by atoms with Crippen LogP contribution < -0.4 is 5.73 Å². The van der Waals surface area contributed by atoms with Gasteiger partial charge in [0, 0.05) is 24.2 Å². The molecule has 0 spiro atoms. The predicted octanol–water partition coefficient (Wildman–Crippen LogP) is 1.20. The standard InChI is InChI=1S/C15H18N2O3S/c1-9-7-17(8-12(9)15(19)20-2)14(18)11-5-3-4-10(6-11)13(16)21/h3-6,9,12H,7-8H2,1-2H3,(H2,16,21). The summed E-state index contributed by atoms with van der Waals surface area (Å²) >= 11 is 4.92. The molecule has 0 bridgehead atoms. The molecule has 0 aromatic heterocycles. The molecule has 1 heterocycles. The van der Waals surface area contributed by atoms with E-state index in [1.807, 2.05) is 6.92 Å². The second-order valence-electron chi connectivity index (χ2n) is 5.26. The quantitative estimate of drug-likeness (QED) is 0.671. The number of likely N-dealkylation sites (tertiary alicyclic amines) is 1. The van der Waals surface area contributed by atoms with Crippen LogP contribution in [0.4, 0.5) is 0 Å². The van der Waals surface area contributed by atoms with Crippen molar-refractivity contribution in [1.29, 1.82) is 0 Å². The molecule has 2 unspecified atom stereocenters. The lowest BCUT2D eigenvalue weighted by atomic mass is 9.99. The molecule has 21 heavy (non-hydrogen) atoms. The van der Waals surface area contributed by atoms with Crippen LogP contribution in [0.5, 0.6) is 0 Å². The Morgan fingerprint density at radius 1 is 1.33 bits per heavy atom. The van der Waals surface area contributed by atoms with Gasteiger partial charge >= 0.3 is 5.97 Å². The minimum absolute atomic E-state index is 0.0835. The Hall–Kier alpha value is -1.95. The third-order valence-electron chi connectivity index (χ3n) is 3.80. The number of hydrogen-bond acceptors (Lipinski definition) is 4. The minimum Gasteiger partial charge on any atom is -0.469 e. The zero-order valence-corrected chi connectivity index (χ0v) is 12.9. The highest BCUT2D eigenvalue weighted by Crippen LogP contribution is 2.25. The van der Waals surface area contributed by atoms with Crippen molar-refractivity contribution in [1.82, 2.24) is 4.90 Å². The maximum atomic E-state index is 12.5. The molecule has 1 fully saturated rings. The third-order valence-corrected chi connectivity index (χ3v) is 4.03. The van der Waals surface area contributed by atoms with E-state index in [-0.39, 0.29) is 28.7 Å². The summed E-state index contributed by atoms with van der Waals surface area (Å²) in [6, 6.07) is 6.92. The first-order valence-electron chi connectivity index (χ1n) is 6.71. The van der Waals surface area contributed by atoms with Crippen molar-refractivity contribution in [3.8, 4) is 0 Å². The summed E-state index contributed by atoms with van der Waals surface area (Å²) < 4.78 is 4.78. The van der Waals surface area contributed by atoms with Crippen LogP contribution in [0, 0.1) is 11.8 Å². The van der Waals surface area contributed by atoms with Crippen molar-refractivity contribution in [3.05, 3.63) is 35.4 Å². The largest absolute Gasteiger partial charge is 0.469 e. The molecule has 0 saturated carbocycles. The first-order valence-corrected chi connectivity index (χ1v) is 7.11. The average Bonchev–Trinajstić information content (AvgIpc) is 2.87. The number of methoxy groups -OCH3 is 1. The number of amides is 1. The van der Waals surface area contributed by atoms with Crippen molar-refractivity contribution in [2.45, 2.75) is 6.92 Å². The number of benzene rings is 1. The SMILES string of the molecule is COC(=O)C1CN(C(=O)c2cccc(C(N)=S)c2)CC1C. The monoisotopic (exact) mass is 306 g/mol. The molecule has 2 rings (SSSR count). The van der Waals surface area contributed by atoms with Crippen molar-refractivity contribution in [3.63, 3.8) is 0 Å². The molecule has 112 valence electrons. The Labute approximate surface area is 129 Å². The van der Waals surface area contributed by atoms with Crippen LogP contribution in [-0.4, -0.2) is 42.0 Å². The van der Waals surface area contributed by atoms with Crippen LogP contribution >= 0.6 is 12.2 Å². The molecular formula is C15H18N2O3S. The van der Waals surface area contributed by atoms with Crippen LogP contribution in [0.1, 0.15) is 22.8 Å². The summed E-state index contributed by atoms with van der Waals surface area (Å²) in [5, 5.41) is 0. The minimum atomic E-state index is -0.269. The number of thiocarbonyl (C=S) groups is 1. The van der Waals surface area contributed by atoms with Gasteiger partial charge in [-0.05, 0) is 18.1 Å². The first kappa shape index (κ1) is 15.4. The molecule has 2 atom stereocenters. The number of ether oxygens (including phenoxy) is 1. The van der Waals surface area contributed by atoms with E-state index < -0.39 is 0 Å². The van der Waals surface area contributed by atoms with Gasteiger partial charge in [0.1, 0.15) is 4.99 Å². The van der Waals surface area contributed by atoms with Gasteiger partial charge in [0.2, 0.25) is 0 Å². The summed E-state index contributed by atoms with van der Waals surface area (Å²) in [6.45, 7) is 2.86. The fourth-order valence-corrected chi connectivity index (χ4v) is 2.71. The molecule has 0 aliphatic carbocycles. The van der Waals surface area contributed by atoms with E-state index in [4.69, 9.17) is 22.7 Å². The van der Waals surface area contributed by atoms with Crippen LogP contribution in [0.2, 0.25) is 0 Å². The molecule has 1 aliphatic rings. The van der Waals surface area contributed by atoms with E-state index in [1.54, 1.807) is 29.2 Å². The van der Waals surface area contributed by atoms with Crippen LogP contribution in [0.25, 0.3) is 0 Å². The van der Waals surface area contributed by atoms with E-state index >= 15 is 0 Å². The number of nitrogens with zero attached hydrogens (tertiary/aromatic N) is 1. The van der Waals surface area contributed by atoms with Gasteiger partial charge in [-0.2, -0.15) is 0 Å². The molecule has 1 aromatic carbocycles. The highest BCUT2D eigenvalue weighted by atomic mass is 32.1. The fraction of sp³-hybridized carbons (Fsp3) is 0.400. The Kier molecular flexibility index (Phi) is 4.57. The van der Waals surface area contributed by atoms with Crippen molar-refractivity contribution < 1.29 is 14.3 Å². The normalized spacial score (nSPS) is 21.1. The summed E-state index contributed by atoms with van der Waals surface area (Å²) in [5.41, 5.74) is 6.77. The lowest BCUT2D eigenvalue weighted by Crippen LogP contribution is -2.30. The van der Waals surface area contributed by atoms with Gasteiger partial charge in [0.05, 0.1) is 13.0 Å². The summed E-state index contributed by atoms with van der Waals surface area (Å²) in [6.07, 6.45) is 0. The summed E-state index contributed by atoms with van der Waals surface area (Å²) in [7, 11) is 1.37. The second-order valence-corrected chi connectivity index (χ2v) is 5.70. The number of esters is 1. The Balaban J connectivity index is 2.16. The average molecular weight is 306 g/mol. The molecule has 6 heteroatoms. The fourth-order valence-electron chi connectivity index (χ4n) is 2.58. The van der Waals surface area contributed by atoms with Crippen molar-refractivity contribution >= 4 is 29.1 Å². The molecule has 0 radical (unpaired) electrons. The second kappa shape index (κ2) is 6.22. The number of carbonyl (C=O) groups is 2. The predicted molar refractivity (Wildman–Crippen MR) is 82.9 cm³/mol. The summed E-state index contributed by atoms with van der Waals surface area (Å²) in [4.78, 5) is 26.1. The Morgan fingerprint density at radius 2 is 2.00 bits per heavy atom. The van der Waals surface area contributed by atoms with Crippen molar-refractivity contribution in [2.75, 3.05) is 20.2 Å². The lowest BCUT2D eigenvalue weighted by molar-refractivity contribution is -0.146. The van der Waals surface area contributed by atoms with Crippen LogP contribution in [-0.2, 0) is 9.53 Å². The van der Waals surface area contributed by atoms with E-state index in [0.29, 0.717) is 24.2 Å². The van der Waals surface area contributed by atoms with Gasteiger partial charge < -0.3 is 15.4 Å². The molecule has 1 amide bonds. The van der Waals surface area contributed by atoms with Gasteiger partial charge in [-0.3, -0.25) is 9.59 Å². The Morgan fingerprint density at radius 3 is 2.62 bits per heavy atom. The number of carbonyl (C=O) groups excluding carboxylic acids is 2. The molecule has 1 aromatic rings. The zero-order valence-electron chi connectivity index (χ0n) is 12.0. The van der Waals surface area contributed by atoms with E-state index in [1.165, 1.54) is 7.11 Å². The van der Waals surface area contributed by atoms with E-state index in [2.05, 4.69) is 0 Å². The smallest absolute Gasteiger partial charge is 0.310 e. The molecule has 2 N–H and O–H groups in total. The third kappa shape index (κ3) is 3.21. The maximum absolute atomic E-state index is 12.5. The molecule has 1 saturated heterocycles. The highest BCUT2D eigenvalue weighted by Gasteiger charge is 2.37. The molecule has 5 nitrogen and oxygen atoms in total. The molecule has 1 aliphatic heterocycles. The highest BCUT2D eigenvalue weighted by molar-refractivity contribution is 7.80. The van der Waals surface area contributed by atoms with Crippen LogP contribution in [0.3, 0.4) is 0 Å². The Bertz CT molecular complexity index is 588. The van der Waals surface area contributed by atoms with Crippen molar-refractivity contribution in [2.24, 2.45) is 17.6 Å². The first-order chi connectivity index (χ1) is 9.93. The lowest BCUT2D eigenvalue weighted by Gasteiger charge is -2.16. The van der Waals surface area contributed by atoms with Gasteiger partial charge in [0.15, 0.2) is 0 Å². The number of rotatable bonds is 3. The maximum Gasteiger partial charge on any atom is 0.310 e. The number of nitrogens with two attached hydrogens (primary N) is 1. The number of hydrogen-bond donors (Lipinski definition) is 1.